The van der Waals surface area contributed by atoms with Crippen LogP contribution in [0.4, 0.5) is 0 Å². The number of aliphatic imine (C=N–C) groups is 1. The number of ether oxygens (including phenoxy) is 1. The monoisotopic (exact) mass is 692 g/mol. The highest BCUT2D eigenvalue weighted by atomic mass is 32.2. The van der Waals surface area contributed by atoms with Crippen molar-refractivity contribution in [2.45, 2.75) is 29.8 Å². The number of piperazine rings is 3. The molecule has 17 heteroatoms. The molecule has 3 aromatic rings. The molecule has 3 aliphatic heterocycles. The molecule has 6 rings (SSSR count). The summed E-state index contributed by atoms with van der Waals surface area (Å²) < 4.78 is 50.4. The Hall–Kier alpha value is -3.13. The summed E-state index contributed by atoms with van der Waals surface area (Å²) in [6, 6.07) is 9.78. The molecule has 1 unspecified atom stereocenters. The molecular formula is C29H41N8O6PS2+2. The fraction of sp³-hybridized carbons (Fsp3) is 0.483. The minimum absolute atomic E-state index is 0.0371. The van der Waals surface area contributed by atoms with Crippen molar-refractivity contribution in [2.75, 3.05) is 65.5 Å². The van der Waals surface area contributed by atoms with E-state index in [1.807, 2.05) is 18.2 Å². The van der Waals surface area contributed by atoms with Crippen molar-refractivity contribution in [1.29, 1.82) is 5.26 Å². The first-order valence-electron chi connectivity index (χ1n) is 15.1. The number of quaternary nitrogens is 2. The Balaban J connectivity index is 1.19. The zero-order valence-corrected chi connectivity index (χ0v) is 28.2. The van der Waals surface area contributed by atoms with Gasteiger partial charge in [0, 0.05) is 41.2 Å². The first kappa shape index (κ1) is 34.2. The Bertz CT molecular complexity index is 1770. The number of nitrogens with two attached hydrogens (primary N) is 2. The van der Waals surface area contributed by atoms with Crippen molar-refractivity contribution in [1.82, 2.24) is 9.71 Å². The lowest BCUT2D eigenvalue weighted by Gasteiger charge is -2.55. The zero-order chi connectivity index (χ0) is 33.2. The quantitative estimate of drug-likeness (QED) is 0.0542. The predicted octanol–water partition coefficient (Wildman–Crippen LogP) is 1.72. The van der Waals surface area contributed by atoms with Crippen molar-refractivity contribution < 1.29 is 36.5 Å². The molecule has 7 N–H and O–H groups in total. The van der Waals surface area contributed by atoms with Crippen LogP contribution in [0.15, 0.2) is 45.7 Å². The number of thiophene rings is 1. The second-order valence-electron chi connectivity index (χ2n) is 12.2. The van der Waals surface area contributed by atoms with Crippen molar-refractivity contribution in [3.8, 4) is 11.8 Å². The van der Waals surface area contributed by atoms with E-state index in [0.717, 1.165) is 72.1 Å². The molecule has 2 aromatic heterocycles. The number of pyridine rings is 1. The van der Waals surface area contributed by atoms with E-state index in [2.05, 4.69) is 14.7 Å². The second kappa shape index (κ2) is 13.5. The summed E-state index contributed by atoms with van der Waals surface area (Å²) in [5, 5.41) is 9.66. The number of hydrogen-bond donors (Lipinski definition) is 5. The third-order valence-electron chi connectivity index (χ3n) is 9.20. The third kappa shape index (κ3) is 7.70. The van der Waals surface area contributed by atoms with E-state index in [-0.39, 0.29) is 21.4 Å². The number of fused-ring (bicyclic) bond motifs is 4. The smallest absolute Gasteiger partial charge is 0.347 e. The van der Waals surface area contributed by atoms with Gasteiger partial charge in [-0.15, -0.1) is 11.3 Å². The van der Waals surface area contributed by atoms with Gasteiger partial charge in [-0.1, -0.05) is 6.07 Å². The summed E-state index contributed by atoms with van der Waals surface area (Å²) in [6.07, 6.45) is 2.98. The van der Waals surface area contributed by atoms with E-state index in [0.29, 0.717) is 34.6 Å². The average molecular weight is 693 g/mol. The summed E-state index contributed by atoms with van der Waals surface area (Å²) in [4.78, 5) is 27.9. The van der Waals surface area contributed by atoms with E-state index < -0.39 is 23.4 Å². The number of aromatic nitrogens is 1. The SMILES string of the molecule is Cc1c(S(=O)(=O)NC(c2ccc(C#N)nc2)P(=O)(O)O)sc2ccc(OCCC[N+]34CC[N+](CCCN=C(N)N)(CC3)CC4)cc12. The molecule has 1 aromatic carbocycles. The van der Waals surface area contributed by atoms with Crippen molar-refractivity contribution in [3.05, 3.63) is 53.3 Å². The Morgan fingerprint density at radius 1 is 1.13 bits per heavy atom. The van der Waals surface area contributed by atoms with Gasteiger partial charge in [-0.3, -0.25) is 9.56 Å². The number of rotatable bonds is 14. The van der Waals surface area contributed by atoms with Crippen LogP contribution >= 0.6 is 18.9 Å². The molecule has 248 valence electrons. The lowest BCUT2D eigenvalue weighted by Crippen LogP contribution is -2.75. The molecule has 1 atom stereocenters. The highest BCUT2D eigenvalue weighted by molar-refractivity contribution is 7.92. The van der Waals surface area contributed by atoms with Crippen LogP contribution in [0.25, 0.3) is 10.1 Å². The van der Waals surface area contributed by atoms with Gasteiger partial charge in [0.15, 0.2) is 5.96 Å². The first-order valence-corrected chi connectivity index (χ1v) is 19.1. The molecule has 2 bridgehead atoms. The van der Waals surface area contributed by atoms with Crippen LogP contribution in [0, 0.1) is 18.3 Å². The van der Waals surface area contributed by atoms with Crippen molar-refractivity contribution >= 4 is 45.0 Å². The Morgan fingerprint density at radius 2 is 1.78 bits per heavy atom. The van der Waals surface area contributed by atoms with E-state index in [1.165, 1.54) is 31.8 Å². The Kier molecular flexibility index (Phi) is 10.1. The maximum absolute atomic E-state index is 13.4. The van der Waals surface area contributed by atoms with E-state index in [1.54, 1.807) is 13.0 Å². The van der Waals surface area contributed by atoms with Crippen LogP contribution in [0.5, 0.6) is 5.75 Å². The van der Waals surface area contributed by atoms with Gasteiger partial charge in [-0.05, 0) is 36.8 Å². The standard InChI is InChI=1S/C29H39N8O6PS2/c1-21-25-18-24(43-17-3-10-37-14-11-36(12-15-37,13-16-37)9-2-8-33-29(31)32)6-7-26(25)45-28(21)46(41,42)35-27(44(38,39)40)22-4-5-23(19-30)34-20-22/h4-7,18,20,27,35H,2-3,8-17H2,1H3,(H4-2,31,32,33,38,39,40)/p+2. The molecule has 3 aliphatic rings. The Labute approximate surface area is 272 Å². The molecule has 0 aliphatic carbocycles. The largest absolute Gasteiger partial charge is 0.493 e. The van der Waals surface area contributed by atoms with Gasteiger partial charge in [0.25, 0.3) is 10.0 Å². The normalized spacial score (nSPS) is 22.0. The van der Waals surface area contributed by atoms with Crippen molar-refractivity contribution in [3.63, 3.8) is 0 Å². The zero-order valence-electron chi connectivity index (χ0n) is 25.7. The number of guanidine groups is 1. The summed E-state index contributed by atoms with van der Waals surface area (Å²) >= 11 is 1.02. The number of nitrogens with zero attached hydrogens (tertiary/aromatic N) is 5. The van der Waals surface area contributed by atoms with Crippen LogP contribution < -0.4 is 20.9 Å². The van der Waals surface area contributed by atoms with E-state index >= 15 is 0 Å². The fourth-order valence-electron chi connectivity index (χ4n) is 6.51. The Morgan fingerprint density at radius 3 is 2.35 bits per heavy atom. The van der Waals surface area contributed by atoms with Crippen LogP contribution in [-0.2, 0) is 14.6 Å². The number of aryl methyl sites for hydroxylation is 1. The molecule has 46 heavy (non-hydrogen) atoms. The van der Waals surface area contributed by atoms with Crippen molar-refractivity contribution in [2.24, 2.45) is 16.5 Å². The molecule has 0 spiro atoms. The summed E-state index contributed by atoms with van der Waals surface area (Å²) in [5.74, 6) is -1.07. The number of sulfonamides is 1. The lowest BCUT2D eigenvalue weighted by molar-refractivity contribution is -1.08. The summed E-state index contributed by atoms with van der Waals surface area (Å²) in [5.41, 5.74) is 11.3. The van der Waals surface area contributed by atoms with E-state index in [9.17, 15) is 22.8 Å². The molecular weight excluding hydrogens is 651 g/mol. The minimum Gasteiger partial charge on any atom is -0.493 e. The molecule has 14 nitrogen and oxygen atoms in total. The highest BCUT2D eigenvalue weighted by Gasteiger charge is 2.48. The number of nitriles is 1. The predicted molar refractivity (Wildman–Crippen MR) is 175 cm³/mol. The maximum atomic E-state index is 13.4. The topological polar surface area (TPSA) is 214 Å². The third-order valence-corrected chi connectivity index (χ3v) is 13.8. The summed E-state index contributed by atoms with van der Waals surface area (Å²) in [6.45, 7) is 12.1. The van der Waals surface area contributed by atoms with E-state index in [4.69, 9.17) is 21.5 Å². The van der Waals surface area contributed by atoms with Crippen LogP contribution in [0.2, 0.25) is 0 Å². The number of benzene rings is 1. The molecule has 0 amide bonds. The first-order chi connectivity index (χ1) is 21.7. The molecule has 3 saturated heterocycles. The highest BCUT2D eigenvalue weighted by Crippen LogP contribution is 2.51. The minimum atomic E-state index is -4.98. The van der Waals surface area contributed by atoms with Gasteiger partial charge in [-0.2, -0.15) is 9.98 Å². The molecule has 5 heterocycles. The average Bonchev–Trinajstić information content (AvgIpc) is 3.37. The fourth-order valence-corrected chi connectivity index (χ4v) is 10.8. The van der Waals surface area contributed by atoms with Crippen LogP contribution in [0.1, 0.15) is 35.4 Å². The van der Waals surface area contributed by atoms with Crippen LogP contribution in [0.3, 0.4) is 0 Å². The lowest BCUT2D eigenvalue weighted by atomic mass is 10.1. The van der Waals surface area contributed by atoms with Crippen LogP contribution in [-0.4, -0.2) is 104 Å². The molecule has 3 fully saturated rings. The van der Waals surface area contributed by atoms with Gasteiger partial charge in [-0.25, -0.2) is 13.4 Å². The maximum Gasteiger partial charge on any atom is 0.347 e. The van der Waals surface area contributed by atoms with Gasteiger partial charge in [0.05, 0.1) is 19.7 Å². The number of hydrogen-bond acceptors (Lipinski definition) is 8. The summed E-state index contributed by atoms with van der Waals surface area (Å²) in [7, 11) is -9.32. The van der Waals surface area contributed by atoms with Gasteiger partial charge in [0.2, 0.25) is 0 Å². The number of nitrogens with one attached hydrogen (secondary N) is 1. The second-order valence-corrected chi connectivity index (χ2v) is 16.9. The van der Waals surface area contributed by atoms with Gasteiger partial charge < -0.3 is 35.0 Å². The van der Waals surface area contributed by atoms with Gasteiger partial charge in [0.1, 0.15) is 66.8 Å². The van der Waals surface area contributed by atoms with Gasteiger partial charge >= 0.3 is 7.60 Å². The molecule has 0 radical (unpaired) electrons. The molecule has 0 saturated carbocycles.